The first-order valence-corrected chi connectivity index (χ1v) is 9.33. The minimum Gasteiger partial charge on any atom is -0.480 e. The highest BCUT2D eigenvalue weighted by molar-refractivity contribution is 7.20. The number of likely N-dealkylation sites (N-methyl/N-ethyl adjacent to an activating group) is 1. The second-order valence-corrected chi connectivity index (χ2v) is 7.62. The van der Waals surface area contributed by atoms with E-state index in [-0.39, 0.29) is 24.5 Å². The number of hydrogen-bond donors (Lipinski definition) is 2. The summed E-state index contributed by atoms with van der Waals surface area (Å²) < 4.78 is 0. The van der Waals surface area contributed by atoms with Crippen LogP contribution < -0.4 is 5.32 Å². The molecule has 0 saturated heterocycles. The molecule has 6 nitrogen and oxygen atoms in total. The lowest BCUT2D eigenvalue weighted by Gasteiger charge is -2.42. The SMILES string of the molecule is CCN(CC(=O)O)C1CC(NC(=O)c2sc3nccc(C)c3c2C)C1. The van der Waals surface area contributed by atoms with Gasteiger partial charge in [-0.3, -0.25) is 14.5 Å². The zero-order chi connectivity index (χ0) is 18.1. The molecule has 0 spiro atoms. The Hall–Kier alpha value is -1.99. The molecule has 2 heterocycles. The van der Waals surface area contributed by atoms with Crippen LogP contribution in [0.1, 0.15) is 40.6 Å². The topological polar surface area (TPSA) is 82.5 Å². The van der Waals surface area contributed by atoms with E-state index in [1.165, 1.54) is 11.3 Å². The summed E-state index contributed by atoms with van der Waals surface area (Å²) in [6, 6.07) is 2.31. The van der Waals surface area contributed by atoms with E-state index in [0.29, 0.717) is 6.54 Å². The fraction of sp³-hybridized carbons (Fsp3) is 0.500. The molecule has 3 rings (SSSR count). The highest BCUT2D eigenvalue weighted by atomic mass is 32.1. The van der Waals surface area contributed by atoms with Crippen molar-refractivity contribution in [2.45, 2.75) is 45.7 Å². The number of carbonyl (C=O) groups is 2. The largest absolute Gasteiger partial charge is 0.480 e. The Balaban J connectivity index is 1.64. The second kappa shape index (κ2) is 7.09. The molecule has 0 aromatic carbocycles. The number of nitrogens with zero attached hydrogens (tertiary/aromatic N) is 2. The average Bonchev–Trinajstić information content (AvgIpc) is 2.86. The molecular weight excluding hydrogens is 338 g/mol. The minimum absolute atomic E-state index is 0.0513. The number of nitrogens with one attached hydrogen (secondary N) is 1. The Morgan fingerprint density at radius 1 is 1.40 bits per heavy atom. The molecule has 2 aromatic heterocycles. The number of carboxylic acid groups (broad SMARTS) is 1. The molecule has 1 saturated carbocycles. The van der Waals surface area contributed by atoms with Gasteiger partial charge in [-0.25, -0.2) is 4.98 Å². The van der Waals surface area contributed by atoms with E-state index >= 15 is 0 Å². The lowest BCUT2D eigenvalue weighted by molar-refractivity contribution is -0.139. The second-order valence-electron chi connectivity index (χ2n) is 6.62. The van der Waals surface area contributed by atoms with Gasteiger partial charge in [-0.05, 0) is 50.4 Å². The maximum atomic E-state index is 12.6. The van der Waals surface area contributed by atoms with E-state index in [4.69, 9.17) is 5.11 Å². The van der Waals surface area contributed by atoms with Crippen LogP contribution in [-0.4, -0.2) is 52.0 Å². The number of thiophene rings is 1. The number of rotatable bonds is 6. The summed E-state index contributed by atoms with van der Waals surface area (Å²) in [5.41, 5.74) is 2.12. The van der Waals surface area contributed by atoms with Crippen LogP contribution >= 0.6 is 11.3 Å². The van der Waals surface area contributed by atoms with Gasteiger partial charge in [-0.15, -0.1) is 11.3 Å². The van der Waals surface area contributed by atoms with E-state index in [2.05, 4.69) is 10.3 Å². The third-order valence-corrected chi connectivity index (χ3v) is 6.15. The summed E-state index contributed by atoms with van der Waals surface area (Å²) in [6.07, 6.45) is 3.37. The van der Waals surface area contributed by atoms with Crippen molar-refractivity contribution in [2.24, 2.45) is 0 Å². The van der Waals surface area contributed by atoms with Crippen molar-refractivity contribution in [1.29, 1.82) is 0 Å². The lowest BCUT2D eigenvalue weighted by atomic mass is 9.85. The van der Waals surface area contributed by atoms with Gasteiger partial charge in [0.15, 0.2) is 0 Å². The van der Waals surface area contributed by atoms with E-state index in [1.807, 2.05) is 31.7 Å². The van der Waals surface area contributed by atoms with Crippen molar-refractivity contribution in [3.05, 3.63) is 28.3 Å². The van der Waals surface area contributed by atoms with Crippen molar-refractivity contribution in [1.82, 2.24) is 15.2 Å². The predicted molar refractivity (Wildman–Crippen MR) is 98.3 cm³/mol. The molecular formula is C18H23N3O3S. The van der Waals surface area contributed by atoms with Crippen LogP contribution in [0.5, 0.6) is 0 Å². The van der Waals surface area contributed by atoms with Crippen molar-refractivity contribution in [3.8, 4) is 0 Å². The Kier molecular flexibility index (Phi) is 5.06. The summed E-state index contributed by atoms with van der Waals surface area (Å²) in [7, 11) is 0. The summed E-state index contributed by atoms with van der Waals surface area (Å²) in [5.74, 6) is -0.859. The third kappa shape index (κ3) is 3.52. The zero-order valence-corrected chi connectivity index (χ0v) is 15.5. The standard InChI is InChI=1S/C18H23N3O3S/c1-4-21(9-14(22)23)13-7-12(8-13)20-17(24)16-11(3)15-10(2)5-6-19-18(15)25-16/h5-6,12-13H,4,7-9H2,1-3H3,(H,20,24)(H,22,23). The molecule has 1 amide bonds. The molecule has 1 aliphatic carbocycles. The van der Waals surface area contributed by atoms with Crippen molar-refractivity contribution in [3.63, 3.8) is 0 Å². The normalized spacial score (nSPS) is 19.8. The van der Waals surface area contributed by atoms with Crippen LogP contribution in [0, 0.1) is 13.8 Å². The molecule has 134 valence electrons. The van der Waals surface area contributed by atoms with Crippen molar-refractivity contribution in [2.75, 3.05) is 13.1 Å². The number of carboxylic acids is 1. The molecule has 25 heavy (non-hydrogen) atoms. The minimum atomic E-state index is -0.807. The van der Waals surface area contributed by atoms with Gasteiger partial charge in [0.2, 0.25) is 0 Å². The third-order valence-electron chi connectivity index (χ3n) is 4.95. The fourth-order valence-corrected chi connectivity index (χ4v) is 4.63. The summed E-state index contributed by atoms with van der Waals surface area (Å²) in [5, 5.41) is 13.1. The number of fused-ring (bicyclic) bond motifs is 1. The number of aromatic nitrogens is 1. The van der Waals surface area contributed by atoms with Gasteiger partial charge < -0.3 is 10.4 Å². The van der Waals surface area contributed by atoms with Gasteiger partial charge in [0, 0.05) is 23.7 Å². The Bertz CT molecular complexity index is 811. The van der Waals surface area contributed by atoms with Gasteiger partial charge in [0.05, 0.1) is 11.4 Å². The Morgan fingerprint density at radius 3 is 2.72 bits per heavy atom. The average molecular weight is 361 g/mol. The van der Waals surface area contributed by atoms with Crippen molar-refractivity contribution >= 4 is 33.4 Å². The summed E-state index contributed by atoms with van der Waals surface area (Å²) in [4.78, 5) is 31.5. The number of carbonyl (C=O) groups excluding carboxylic acids is 1. The van der Waals surface area contributed by atoms with Gasteiger partial charge >= 0.3 is 5.97 Å². The van der Waals surface area contributed by atoms with Gasteiger partial charge in [0.1, 0.15) is 4.83 Å². The number of pyridine rings is 1. The lowest BCUT2D eigenvalue weighted by Crippen LogP contribution is -2.54. The Morgan fingerprint density at radius 2 is 2.12 bits per heavy atom. The number of amides is 1. The van der Waals surface area contributed by atoms with Crippen LogP contribution in [0.3, 0.4) is 0 Å². The summed E-state index contributed by atoms with van der Waals surface area (Å²) in [6.45, 7) is 6.73. The molecule has 2 aromatic rings. The van der Waals surface area contributed by atoms with Gasteiger partial charge in [-0.2, -0.15) is 0 Å². The van der Waals surface area contributed by atoms with E-state index in [1.54, 1.807) is 6.20 Å². The first-order chi connectivity index (χ1) is 11.9. The highest BCUT2D eigenvalue weighted by Gasteiger charge is 2.35. The molecule has 0 aliphatic heterocycles. The van der Waals surface area contributed by atoms with E-state index in [0.717, 1.165) is 39.1 Å². The molecule has 7 heteroatoms. The highest BCUT2D eigenvalue weighted by Crippen LogP contribution is 2.32. The zero-order valence-electron chi connectivity index (χ0n) is 14.7. The molecule has 1 aliphatic rings. The summed E-state index contributed by atoms with van der Waals surface area (Å²) >= 11 is 1.43. The quantitative estimate of drug-likeness (QED) is 0.826. The van der Waals surface area contributed by atoms with Crippen LogP contribution in [0.25, 0.3) is 10.2 Å². The monoisotopic (exact) mass is 361 g/mol. The molecule has 0 bridgehead atoms. The molecule has 0 unspecified atom stereocenters. The van der Waals surface area contributed by atoms with Crippen LogP contribution in [0.2, 0.25) is 0 Å². The van der Waals surface area contributed by atoms with E-state index < -0.39 is 5.97 Å². The Labute approximate surface area is 150 Å². The number of aryl methyl sites for hydroxylation is 2. The predicted octanol–water partition coefficient (Wildman–Crippen LogP) is 2.58. The maximum absolute atomic E-state index is 12.6. The first-order valence-electron chi connectivity index (χ1n) is 8.52. The van der Waals surface area contributed by atoms with Crippen molar-refractivity contribution < 1.29 is 14.7 Å². The van der Waals surface area contributed by atoms with E-state index in [9.17, 15) is 9.59 Å². The van der Waals surface area contributed by atoms with Crippen LogP contribution in [0.15, 0.2) is 12.3 Å². The van der Waals surface area contributed by atoms with Gasteiger partial charge in [-0.1, -0.05) is 6.92 Å². The fourth-order valence-electron chi connectivity index (χ4n) is 3.50. The maximum Gasteiger partial charge on any atom is 0.317 e. The molecule has 0 radical (unpaired) electrons. The number of aliphatic carboxylic acids is 1. The van der Waals surface area contributed by atoms with Crippen LogP contribution in [-0.2, 0) is 4.79 Å². The smallest absolute Gasteiger partial charge is 0.317 e. The molecule has 2 N–H and O–H groups in total. The number of hydrogen-bond acceptors (Lipinski definition) is 5. The van der Waals surface area contributed by atoms with Crippen LogP contribution in [0.4, 0.5) is 0 Å². The molecule has 1 fully saturated rings. The first kappa shape index (κ1) is 17.8. The molecule has 0 atom stereocenters. The van der Waals surface area contributed by atoms with Gasteiger partial charge in [0.25, 0.3) is 5.91 Å².